The summed E-state index contributed by atoms with van der Waals surface area (Å²) >= 11 is 0. The van der Waals surface area contributed by atoms with Gasteiger partial charge in [-0.05, 0) is 19.8 Å². The van der Waals surface area contributed by atoms with Gasteiger partial charge in [-0.25, -0.2) is 4.79 Å². The van der Waals surface area contributed by atoms with Gasteiger partial charge in [-0.1, -0.05) is 0 Å². The molecule has 19 heavy (non-hydrogen) atoms. The Kier molecular flexibility index (Phi) is 3.92. The van der Waals surface area contributed by atoms with Gasteiger partial charge in [0.1, 0.15) is 6.04 Å². The summed E-state index contributed by atoms with van der Waals surface area (Å²) in [6, 6.07) is -0.722. The number of carbonyl (C=O) groups is 3. The van der Waals surface area contributed by atoms with E-state index in [1.165, 1.54) is 4.90 Å². The van der Waals surface area contributed by atoms with Crippen molar-refractivity contribution < 1.29 is 19.5 Å². The molecule has 0 aliphatic carbocycles. The summed E-state index contributed by atoms with van der Waals surface area (Å²) in [6.07, 6.45) is 1.30. The predicted octanol–water partition coefficient (Wildman–Crippen LogP) is -0.277. The molecule has 2 aliphatic rings. The van der Waals surface area contributed by atoms with Gasteiger partial charge in [0.2, 0.25) is 5.91 Å². The molecular formula is C12H19N3O4. The van der Waals surface area contributed by atoms with Crippen LogP contribution in [0.4, 0.5) is 4.79 Å². The second-order valence-corrected chi connectivity index (χ2v) is 5.07. The quantitative estimate of drug-likeness (QED) is 0.685. The molecule has 0 spiro atoms. The second-order valence-electron chi connectivity index (χ2n) is 5.07. The lowest BCUT2D eigenvalue weighted by Gasteiger charge is -2.39. The van der Waals surface area contributed by atoms with Crippen molar-refractivity contribution >= 4 is 17.9 Å². The number of carbonyl (C=O) groups excluding carboxylic acids is 2. The van der Waals surface area contributed by atoms with Crippen LogP contribution < -0.4 is 5.32 Å². The number of carboxylic acid groups (broad SMARTS) is 1. The smallest absolute Gasteiger partial charge is 0.320 e. The van der Waals surface area contributed by atoms with E-state index >= 15 is 0 Å². The van der Waals surface area contributed by atoms with Crippen molar-refractivity contribution in [1.82, 2.24) is 15.1 Å². The minimum absolute atomic E-state index is 0.161. The Morgan fingerprint density at radius 3 is 2.79 bits per heavy atom. The number of carboxylic acids is 1. The fourth-order valence-corrected chi connectivity index (χ4v) is 2.58. The van der Waals surface area contributed by atoms with Gasteiger partial charge in [-0.2, -0.15) is 0 Å². The van der Waals surface area contributed by atoms with Crippen LogP contribution in [0.5, 0.6) is 0 Å². The van der Waals surface area contributed by atoms with Gasteiger partial charge in [0.05, 0.1) is 5.92 Å². The van der Waals surface area contributed by atoms with Crippen molar-refractivity contribution in [2.45, 2.75) is 25.8 Å². The van der Waals surface area contributed by atoms with E-state index in [2.05, 4.69) is 5.32 Å². The molecule has 7 nitrogen and oxygen atoms in total. The molecule has 2 aliphatic heterocycles. The Morgan fingerprint density at radius 2 is 2.11 bits per heavy atom. The third-order valence-corrected chi connectivity index (χ3v) is 3.79. The van der Waals surface area contributed by atoms with Crippen LogP contribution in [-0.4, -0.2) is 65.0 Å². The highest BCUT2D eigenvalue weighted by Gasteiger charge is 2.35. The number of piperidine rings is 1. The van der Waals surface area contributed by atoms with Crippen molar-refractivity contribution in [2.24, 2.45) is 5.92 Å². The molecule has 2 atom stereocenters. The number of likely N-dealkylation sites (tertiary alicyclic amines) is 1. The zero-order valence-electron chi connectivity index (χ0n) is 11.0. The van der Waals surface area contributed by atoms with E-state index in [9.17, 15) is 14.4 Å². The van der Waals surface area contributed by atoms with Crippen LogP contribution in [0.1, 0.15) is 19.8 Å². The maximum Gasteiger partial charge on any atom is 0.320 e. The summed E-state index contributed by atoms with van der Waals surface area (Å²) in [5.74, 6) is -1.51. The van der Waals surface area contributed by atoms with E-state index in [-0.39, 0.29) is 18.5 Å². The minimum atomic E-state index is -0.859. The zero-order chi connectivity index (χ0) is 14.0. The van der Waals surface area contributed by atoms with Crippen LogP contribution in [-0.2, 0) is 9.59 Å². The molecule has 0 bridgehead atoms. The fourth-order valence-electron chi connectivity index (χ4n) is 2.58. The van der Waals surface area contributed by atoms with Crippen LogP contribution in [0.2, 0.25) is 0 Å². The molecule has 0 aromatic heterocycles. The average molecular weight is 269 g/mol. The average Bonchev–Trinajstić information content (AvgIpc) is 2.41. The van der Waals surface area contributed by atoms with Crippen molar-refractivity contribution in [1.29, 1.82) is 0 Å². The lowest BCUT2D eigenvalue weighted by molar-refractivity contribution is -0.143. The standard InChI is InChI=1S/C12H19N3O4/c1-8-10(16)13-4-6-15(8)12(19)14-5-2-3-9(7-14)11(17)18/h8-9H,2-7H2,1H3,(H,13,16)(H,17,18). The lowest BCUT2D eigenvalue weighted by Crippen LogP contribution is -2.60. The SMILES string of the molecule is CC1C(=O)NCCN1C(=O)N1CCCC(C(=O)O)C1. The predicted molar refractivity (Wildman–Crippen MR) is 66.5 cm³/mol. The third-order valence-electron chi connectivity index (χ3n) is 3.79. The molecule has 7 heteroatoms. The van der Waals surface area contributed by atoms with Crippen LogP contribution >= 0.6 is 0 Å². The molecule has 2 fully saturated rings. The van der Waals surface area contributed by atoms with E-state index in [0.29, 0.717) is 32.5 Å². The maximum atomic E-state index is 12.4. The topological polar surface area (TPSA) is 90.0 Å². The van der Waals surface area contributed by atoms with E-state index < -0.39 is 17.9 Å². The number of nitrogens with zero attached hydrogens (tertiary/aromatic N) is 2. The molecular weight excluding hydrogens is 250 g/mol. The lowest BCUT2D eigenvalue weighted by atomic mass is 9.98. The van der Waals surface area contributed by atoms with Crippen molar-refractivity contribution in [3.8, 4) is 0 Å². The van der Waals surface area contributed by atoms with Gasteiger partial charge in [-0.15, -0.1) is 0 Å². The number of rotatable bonds is 1. The molecule has 0 radical (unpaired) electrons. The molecule has 2 rings (SSSR count). The number of hydrogen-bond acceptors (Lipinski definition) is 3. The first-order valence-electron chi connectivity index (χ1n) is 6.56. The summed E-state index contributed by atoms with van der Waals surface area (Å²) in [4.78, 5) is 38.0. The largest absolute Gasteiger partial charge is 0.481 e. The molecule has 106 valence electrons. The van der Waals surface area contributed by atoms with E-state index in [1.54, 1.807) is 11.8 Å². The highest BCUT2D eigenvalue weighted by molar-refractivity contribution is 5.88. The normalized spacial score (nSPS) is 27.9. The van der Waals surface area contributed by atoms with E-state index in [0.717, 1.165) is 0 Å². The second kappa shape index (κ2) is 5.46. The summed E-state index contributed by atoms with van der Waals surface area (Å²) in [6.45, 7) is 3.41. The van der Waals surface area contributed by atoms with Crippen molar-refractivity contribution in [2.75, 3.05) is 26.2 Å². The Morgan fingerprint density at radius 1 is 1.37 bits per heavy atom. The molecule has 0 saturated carbocycles. The first-order valence-corrected chi connectivity index (χ1v) is 6.56. The number of amides is 3. The van der Waals surface area contributed by atoms with Gasteiger partial charge < -0.3 is 20.2 Å². The highest BCUT2D eigenvalue weighted by Crippen LogP contribution is 2.19. The van der Waals surface area contributed by atoms with Crippen LogP contribution in [0, 0.1) is 5.92 Å². The molecule has 2 unspecified atom stereocenters. The number of piperazine rings is 1. The molecule has 2 saturated heterocycles. The molecule has 2 heterocycles. The zero-order valence-corrected chi connectivity index (χ0v) is 11.0. The fraction of sp³-hybridized carbons (Fsp3) is 0.750. The Bertz CT molecular complexity index is 398. The summed E-state index contributed by atoms with van der Waals surface area (Å²) in [5.41, 5.74) is 0. The number of nitrogens with one attached hydrogen (secondary N) is 1. The summed E-state index contributed by atoms with van der Waals surface area (Å²) < 4.78 is 0. The molecule has 3 amide bonds. The summed E-state index contributed by atoms with van der Waals surface area (Å²) in [5, 5.41) is 11.7. The Balaban J connectivity index is 2.02. The molecule has 0 aromatic carbocycles. The van der Waals surface area contributed by atoms with E-state index in [1.807, 2.05) is 0 Å². The molecule has 0 aromatic rings. The van der Waals surface area contributed by atoms with Gasteiger partial charge in [-0.3, -0.25) is 9.59 Å². The Labute approximate surface area is 111 Å². The first-order chi connectivity index (χ1) is 9.00. The Hall–Kier alpha value is -1.79. The van der Waals surface area contributed by atoms with Crippen LogP contribution in [0.3, 0.4) is 0 Å². The van der Waals surface area contributed by atoms with E-state index in [4.69, 9.17) is 5.11 Å². The first kappa shape index (κ1) is 13.6. The highest BCUT2D eigenvalue weighted by atomic mass is 16.4. The van der Waals surface area contributed by atoms with Crippen molar-refractivity contribution in [3.05, 3.63) is 0 Å². The van der Waals surface area contributed by atoms with Crippen molar-refractivity contribution in [3.63, 3.8) is 0 Å². The third kappa shape index (κ3) is 2.80. The molecule has 2 N–H and O–H groups in total. The number of aliphatic carboxylic acids is 1. The van der Waals surface area contributed by atoms with Crippen LogP contribution in [0.25, 0.3) is 0 Å². The van der Waals surface area contributed by atoms with Gasteiger partial charge in [0.15, 0.2) is 0 Å². The number of hydrogen-bond donors (Lipinski definition) is 2. The monoisotopic (exact) mass is 269 g/mol. The number of urea groups is 1. The minimum Gasteiger partial charge on any atom is -0.481 e. The maximum absolute atomic E-state index is 12.4. The summed E-state index contributed by atoms with van der Waals surface area (Å²) in [7, 11) is 0. The van der Waals surface area contributed by atoms with Crippen LogP contribution in [0.15, 0.2) is 0 Å². The van der Waals surface area contributed by atoms with Gasteiger partial charge in [0, 0.05) is 26.2 Å². The van der Waals surface area contributed by atoms with Gasteiger partial charge in [0.25, 0.3) is 0 Å². The van der Waals surface area contributed by atoms with Gasteiger partial charge >= 0.3 is 12.0 Å².